The van der Waals surface area contributed by atoms with Crippen LogP contribution in [0.3, 0.4) is 0 Å². The zero-order valence-electron chi connectivity index (χ0n) is 10.8. The van der Waals surface area contributed by atoms with Crippen LogP contribution < -0.4 is 5.32 Å². The Morgan fingerprint density at radius 1 is 1.21 bits per heavy atom. The van der Waals surface area contributed by atoms with Crippen molar-refractivity contribution < 1.29 is 0 Å². The second-order valence-corrected chi connectivity index (χ2v) is 4.91. The van der Waals surface area contributed by atoms with Gasteiger partial charge in [0.05, 0.1) is 5.56 Å². The molecule has 0 atom stereocenters. The maximum Gasteiger partial charge on any atom is 0.150 e. The number of nitrogens with zero attached hydrogens (tertiary/aromatic N) is 2. The van der Waals surface area contributed by atoms with Gasteiger partial charge < -0.3 is 5.32 Å². The van der Waals surface area contributed by atoms with E-state index in [0.717, 1.165) is 5.69 Å². The fourth-order valence-electron chi connectivity index (χ4n) is 1.71. The van der Waals surface area contributed by atoms with Gasteiger partial charge in [-0.3, -0.25) is 0 Å². The molecule has 1 aromatic carbocycles. The Morgan fingerprint density at radius 3 is 2.47 bits per heavy atom. The van der Waals surface area contributed by atoms with Gasteiger partial charge in [0.15, 0.2) is 5.82 Å². The lowest BCUT2D eigenvalue weighted by Gasteiger charge is -2.10. The largest absolute Gasteiger partial charge is 0.339 e. The summed E-state index contributed by atoms with van der Waals surface area (Å²) in [7, 11) is 0. The number of halogens is 1. The predicted molar refractivity (Wildman–Crippen MR) is 77.8 cm³/mol. The second kappa shape index (κ2) is 5.73. The average molecular weight is 272 g/mol. The van der Waals surface area contributed by atoms with Crippen molar-refractivity contribution in [1.29, 1.82) is 5.26 Å². The summed E-state index contributed by atoms with van der Waals surface area (Å²) >= 11 is 6.09. The van der Waals surface area contributed by atoms with Gasteiger partial charge >= 0.3 is 0 Å². The van der Waals surface area contributed by atoms with Crippen molar-refractivity contribution in [1.82, 2.24) is 4.98 Å². The van der Waals surface area contributed by atoms with Crippen molar-refractivity contribution in [2.75, 3.05) is 5.32 Å². The molecule has 0 spiro atoms. The molecule has 19 heavy (non-hydrogen) atoms. The lowest BCUT2D eigenvalue weighted by atomic mass is 10.0. The molecule has 0 amide bonds. The molecule has 0 fully saturated rings. The van der Waals surface area contributed by atoms with Crippen molar-refractivity contribution in [2.45, 2.75) is 19.8 Å². The summed E-state index contributed by atoms with van der Waals surface area (Å²) in [5.74, 6) is 0.996. The lowest BCUT2D eigenvalue weighted by molar-refractivity contribution is 0.867. The Hall–Kier alpha value is -2.05. The van der Waals surface area contributed by atoms with Crippen LogP contribution in [-0.4, -0.2) is 4.98 Å². The monoisotopic (exact) mass is 271 g/mol. The molecule has 0 aliphatic carbocycles. The molecule has 0 bridgehead atoms. The van der Waals surface area contributed by atoms with E-state index in [9.17, 15) is 0 Å². The number of benzene rings is 1. The number of nitriles is 1. The Kier molecular flexibility index (Phi) is 4.03. The first-order valence-electron chi connectivity index (χ1n) is 6.03. The topological polar surface area (TPSA) is 48.7 Å². The van der Waals surface area contributed by atoms with Crippen LogP contribution in [0.1, 0.15) is 30.9 Å². The molecule has 0 saturated carbocycles. The first-order valence-corrected chi connectivity index (χ1v) is 6.41. The molecular weight excluding hydrogens is 258 g/mol. The highest BCUT2D eigenvalue weighted by atomic mass is 35.5. The third-order valence-corrected chi connectivity index (χ3v) is 3.23. The van der Waals surface area contributed by atoms with E-state index in [0.29, 0.717) is 22.3 Å². The second-order valence-electron chi connectivity index (χ2n) is 4.53. The van der Waals surface area contributed by atoms with Gasteiger partial charge in [0.2, 0.25) is 0 Å². The molecule has 0 aliphatic rings. The summed E-state index contributed by atoms with van der Waals surface area (Å²) in [6, 6.07) is 11.7. The number of anilines is 2. The summed E-state index contributed by atoms with van der Waals surface area (Å²) in [5.41, 5.74) is 2.59. The van der Waals surface area contributed by atoms with Gasteiger partial charge in [-0.25, -0.2) is 4.98 Å². The van der Waals surface area contributed by atoms with Gasteiger partial charge in [-0.2, -0.15) is 5.26 Å². The number of hydrogen-bond acceptors (Lipinski definition) is 3. The third-order valence-electron chi connectivity index (χ3n) is 2.85. The fraction of sp³-hybridized carbons (Fsp3) is 0.200. The SMILES string of the molecule is CC(C)c1ccc(Nc2nccc(C#N)c2Cl)cc1. The molecule has 0 aliphatic heterocycles. The van der Waals surface area contributed by atoms with Crippen molar-refractivity contribution in [3.63, 3.8) is 0 Å². The molecule has 1 aromatic heterocycles. The third kappa shape index (κ3) is 3.04. The molecule has 2 rings (SSSR count). The van der Waals surface area contributed by atoms with Crippen molar-refractivity contribution in [3.8, 4) is 6.07 Å². The van der Waals surface area contributed by atoms with E-state index in [2.05, 4.69) is 36.3 Å². The molecule has 0 radical (unpaired) electrons. The van der Waals surface area contributed by atoms with Crippen LogP contribution in [0.15, 0.2) is 36.5 Å². The normalized spacial score (nSPS) is 10.3. The molecule has 96 valence electrons. The quantitative estimate of drug-likeness (QED) is 0.896. The van der Waals surface area contributed by atoms with Gasteiger partial charge in [0, 0.05) is 11.9 Å². The molecule has 3 nitrogen and oxygen atoms in total. The molecule has 1 heterocycles. The minimum atomic E-state index is 0.345. The highest BCUT2D eigenvalue weighted by Gasteiger charge is 2.07. The predicted octanol–water partition coefficient (Wildman–Crippen LogP) is 4.47. The van der Waals surface area contributed by atoms with E-state index in [1.54, 1.807) is 12.3 Å². The summed E-state index contributed by atoms with van der Waals surface area (Å²) in [6.45, 7) is 4.30. The van der Waals surface area contributed by atoms with Crippen LogP contribution in [0, 0.1) is 11.3 Å². The standard InChI is InChI=1S/C15H14ClN3/c1-10(2)11-3-5-13(6-4-11)19-15-14(16)12(9-17)7-8-18-15/h3-8,10H,1-2H3,(H,18,19). The minimum absolute atomic E-state index is 0.345. The number of hydrogen-bond donors (Lipinski definition) is 1. The van der Waals surface area contributed by atoms with Crippen LogP contribution in [0.5, 0.6) is 0 Å². The van der Waals surface area contributed by atoms with Crippen molar-refractivity contribution in [2.24, 2.45) is 0 Å². The van der Waals surface area contributed by atoms with E-state index in [1.165, 1.54) is 5.56 Å². The van der Waals surface area contributed by atoms with Gasteiger partial charge in [0.1, 0.15) is 11.1 Å². The molecule has 2 aromatic rings. The number of rotatable bonds is 3. The van der Waals surface area contributed by atoms with Crippen LogP contribution in [-0.2, 0) is 0 Å². The highest BCUT2D eigenvalue weighted by molar-refractivity contribution is 6.34. The first-order chi connectivity index (χ1) is 9.11. The van der Waals surface area contributed by atoms with E-state index < -0.39 is 0 Å². The van der Waals surface area contributed by atoms with E-state index in [4.69, 9.17) is 16.9 Å². The number of aromatic nitrogens is 1. The highest BCUT2D eigenvalue weighted by Crippen LogP contribution is 2.26. The molecule has 0 unspecified atom stereocenters. The van der Waals surface area contributed by atoms with Crippen LogP contribution in [0.25, 0.3) is 0 Å². The minimum Gasteiger partial charge on any atom is -0.339 e. The summed E-state index contributed by atoms with van der Waals surface area (Å²) in [4.78, 5) is 4.15. The molecule has 1 N–H and O–H groups in total. The van der Waals surface area contributed by atoms with Crippen LogP contribution in [0.4, 0.5) is 11.5 Å². The maximum atomic E-state index is 8.92. The summed E-state index contributed by atoms with van der Waals surface area (Å²) < 4.78 is 0. The Labute approximate surface area is 117 Å². The zero-order chi connectivity index (χ0) is 13.8. The van der Waals surface area contributed by atoms with Gasteiger partial charge in [-0.05, 0) is 29.7 Å². The van der Waals surface area contributed by atoms with Crippen LogP contribution in [0.2, 0.25) is 5.02 Å². The lowest BCUT2D eigenvalue weighted by Crippen LogP contribution is -1.96. The Morgan fingerprint density at radius 2 is 1.89 bits per heavy atom. The molecule has 0 saturated heterocycles. The Balaban J connectivity index is 2.24. The smallest absolute Gasteiger partial charge is 0.150 e. The van der Waals surface area contributed by atoms with E-state index in [1.807, 2.05) is 18.2 Å². The first kappa shape index (κ1) is 13.4. The number of pyridine rings is 1. The summed E-state index contributed by atoms with van der Waals surface area (Å²) in [6.07, 6.45) is 1.56. The summed E-state index contributed by atoms with van der Waals surface area (Å²) in [5, 5.41) is 12.4. The van der Waals surface area contributed by atoms with Gasteiger partial charge in [-0.1, -0.05) is 37.6 Å². The van der Waals surface area contributed by atoms with E-state index >= 15 is 0 Å². The van der Waals surface area contributed by atoms with E-state index in [-0.39, 0.29) is 0 Å². The van der Waals surface area contributed by atoms with Crippen molar-refractivity contribution in [3.05, 3.63) is 52.7 Å². The fourth-order valence-corrected chi connectivity index (χ4v) is 1.91. The maximum absolute atomic E-state index is 8.92. The molecule has 4 heteroatoms. The van der Waals surface area contributed by atoms with Crippen LogP contribution >= 0.6 is 11.6 Å². The average Bonchev–Trinajstić information content (AvgIpc) is 2.42. The molecular formula is C15H14ClN3. The zero-order valence-corrected chi connectivity index (χ0v) is 11.6. The van der Waals surface area contributed by atoms with Gasteiger partial charge in [0.25, 0.3) is 0 Å². The van der Waals surface area contributed by atoms with Crippen molar-refractivity contribution >= 4 is 23.1 Å². The Bertz CT molecular complexity index is 612. The van der Waals surface area contributed by atoms with Gasteiger partial charge in [-0.15, -0.1) is 0 Å². The number of nitrogens with one attached hydrogen (secondary N) is 1.